The molecule has 4 heteroatoms. The molecule has 2 rings (SSSR count). The summed E-state index contributed by atoms with van der Waals surface area (Å²) in [5.74, 6) is 0. The van der Waals surface area contributed by atoms with E-state index in [2.05, 4.69) is 12.2 Å². The van der Waals surface area contributed by atoms with E-state index in [4.69, 9.17) is 0 Å². The van der Waals surface area contributed by atoms with E-state index in [1.807, 2.05) is 0 Å². The summed E-state index contributed by atoms with van der Waals surface area (Å²) in [6, 6.07) is 5.55. The summed E-state index contributed by atoms with van der Waals surface area (Å²) in [6.45, 7) is 4.17. The average molecular weight is 257 g/mol. The van der Waals surface area contributed by atoms with Gasteiger partial charge in [-0.1, -0.05) is 19.1 Å². The molecule has 18 heavy (non-hydrogen) atoms. The van der Waals surface area contributed by atoms with Crippen LogP contribution in [0.25, 0.3) is 0 Å². The first kappa shape index (κ1) is 13.4. The Morgan fingerprint density at radius 2 is 1.89 bits per heavy atom. The minimum atomic E-state index is -4.24. The minimum absolute atomic E-state index is 0.165. The third-order valence-electron chi connectivity index (χ3n) is 3.60. The summed E-state index contributed by atoms with van der Waals surface area (Å²) < 4.78 is 37.3. The number of rotatable bonds is 2. The Hall–Kier alpha value is -1.03. The van der Waals surface area contributed by atoms with Gasteiger partial charge in [-0.3, -0.25) is 0 Å². The van der Waals surface area contributed by atoms with Crippen molar-refractivity contribution in [3.63, 3.8) is 0 Å². The molecule has 0 radical (unpaired) electrons. The van der Waals surface area contributed by atoms with Gasteiger partial charge in [0.15, 0.2) is 0 Å². The zero-order valence-corrected chi connectivity index (χ0v) is 10.5. The highest BCUT2D eigenvalue weighted by molar-refractivity contribution is 5.25. The molecule has 1 heterocycles. The van der Waals surface area contributed by atoms with Crippen LogP contribution in [0.15, 0.2) is 24.3 Å². The fourth-order valence-corrected chi connectivity index (χ4v) is 2.57. The molecule has 0 saturated carbocycles. The van der Waals surface area contributed by atoms with Gasteiger partial charge in [-0.05, 0) is 48.9 Å². The maximum Gasteiger partial charge on any atom is 0.416 e. The monoisotopic (exact) mass is 257 g/mol. The van der Waals surface area contributed by atoms with Crippen LogP contribution in [-0.4, -0.2) is 13.1 Å². The highest BCUT2D eigenvalue weighted by atomic mass is 19.4. The smallest absolute Gasteiger partial charge is 0.316 e. The Morgan fingerprint density at radius 1 is 1.22 bits per heavy atom. The lowest BCUT2D eigenvalue weighted by Gasteiger charge is -2.34. The summed E-state index contributed by atoms with van der Waals surface area (Å²) >= 11 is 0. The van der Waals surface area contributed by atoms with Crippen molar-refractivity contribution in [3.8, 4) is 0 Å². The van der Waals surface area contributed by atoms with Gasteiger partial charge >= 0.3 is 6.18 Å². The van der Waals surface area contributed by atoms with Crippen molar-refractivity contribution in [1.82, 2.24) is 5.32 Å². The lowest BCUT2D eigenvalue weighted by molar-refractivity contribution is -0.137. The molecule has 1 nitrogen and oxygen atoms in total. The Balaban J connectivity index is 2.06. The zero-order valence-electron chi connectivity index (χ0n) is 10.5. The molecule has 1 aromatic rings. The van der Waals surface area contributed by atoms with E-state index in [-0.39, 0.29) is 5.41 Å². The Labute approximate surface area is 105 Å². The van der Waals surface area contributed by atoms with Gasteiger partial charge in [0.05, 0.1) is 5.56 Å². The molecule has 0 bridgehead atoms. The van der Waals surface area contributed by atoms with E-state index in [0.717, 1.165) is 37.9 Å². The highest BCUT2D eigenvalue weighted by Gasteiger charge is 2.31. The van der Waals surface area contributed by atoms with Crippen molar-refractivity contribution in [1.29, 1.82) is 0 Å². The molecule has 1 unspecified atom stereocenters. The SMILES string of the molecule is CC1(Cc2ccc(C(F)(F)F)cc2)CCCNC1. The molecule has 0 spiro atoms. The van der Waals surface area contributed by atoms with Crippen LogP contribution >= 0.6 is 0 Å². The fourth-order valence-electron chi connectivity index (χ4n) is 2.57. The zero-order chi connectivity index (χ0) is 13.2. The van der Waals surface area contributed by atoms with E-state index in [1.165, 1.54) is 12.1 Å². The molecule has 0 aliphatic carbocycles. The molecule has 1 atom stereocenters. The van der Waals surface area contributed by atoms with Crippen LogP contribution in [0.1, 0.15) is 30.9 Å². The second kappa shape index (κ2) is 4.92. The van der Waals surface area contributed by atoms with Crippen LogP contribution in [0.3, 0.4) is 0 Å². The number of alkyl halides is 3. The van der Waals surface area contributed by atoms with Gasteiger partial charge in [0.1, 0.15) is 0 Å². The van der Waals surface area contributed by atoms with Crippen LogP contribution in [0.4, 0.5) is 13.2 Å². The summed E-state index contributed by atoms with van der Waals surface area (Å²) in [6.07, 6.45) is -1.15. The standard InChI is InChI=1S/C14H18F3N/c1-13(7-2-8-18-10-13)9-11-3-5-12(6-4-11)14(15,16)17/h3-6,18H,2,7-10H2,1H3. The number of nitrogens with one attached hydrogen (secondary N) is 1. The van der Waals surface area contributed by atoms with E-state index in [9.17, 15) is 13.2 Å². The fraction of sp³-hybridized carbons (Fsp3) is 0.571. The van der Waals surface area contributed by atoms with Gasteiger partial charge in [-0.2, -0.15) is 13.2 Å². The topological polar surface area (TPSA) is 12.0 Å². The van der Waals surface area contributed by atoms with E-state index >= 15 is 0 Å². The molecule has 1 fully saturated rings. The molecule has 1 N–H and O–H groups in total. The second-order valence-corrected chi connectivity index (χ2v) is 5.46. The van der Waals surface area contributed by atoms with Gasteiger partial charge in [0, 0.05) is 6.54 Å². The molecule has 1 aliphatic heterocycles. The summed E-state index contributed by atoms with van der Waals surface area (Å²) in [5.41, 5.74) is 0.574. The lowest BCUT2D eigenvalue weighted by atomic mass is 9.77. The third-order valence-corrected chi connectivity index (χ3v) is 3.60. The Kier molecular flexibility index (Phi) is 3.66. The lowest BCUT2D eigenvalue weighted by Crippen LogP contribution is -2.39. The maximum atomic E-state index is 12.4. The molecule has 1 aliphatic rings. The van der Waals surface area contributed by atoms with Gasteiger partial charge < -0.3 is 5.32 Å². The van der Waals surface area contributed by atoms with Crippen molar-refractivity contribution < 1.29 is 13.2 Å². The summed E-state index contributed by atoms with van der Waals surface area (Å²) in [7, 11) is 0. The molecular weight excluding hydrogens is 239 g/mol. The van der Waals surface area contributed by atoms with Crippen LogP contribution in [0.2, 0.25) is 0 Å². The summed E-state index contributed by atoms with van der Waals surface area (Å²) in [5, 5.41) is 3.35. The number of hydrogen-bond donors (Lipinski definition) is 1. The molecule has 1 aromatic carbocycles. The van der Waals surface area contributed by atoms with Crippen molar-refractivity contribution in [2.45, 2.75) is 32.4 Å². The van der Waals surface area contributed by atoms with Crippen LogP contribution in [0, 0.1) is 5.41 Å². The average Bonchev–Trinajstić information content (AvgIpc) is 2.29. The second-order valence-electron chi connectivity index (χ2n) is 5.46. The van der Waals surface area contributed by atoms with Gasteiger partial charge in [-0.25, -0.2) is 0 Å². The van der Waals surface area contributed by atoms with Crippen LogP contribution < -0.4 is 5.32 Å². The van der Waals surface area contributed by atoms with Crippen molar-refractivity contribution in [2.75, 3.05) is 13.1 Å². The van der Waals surface area contributed by atoms with E-state index in [1.54, 1.807) is 12.1 Å². The summed E-state index contributed by atoms with van der Waals surface area (Å²) in [4.78, 5) is 0. The number of piperidine rings is 1. The van der Waals surface area contributed by atoms with Crippen molar-refractivity contribution >= 4 is 0 Å². The van der Waals surface area contributed by atoms with Gasteiger partial charge in [-0.15, -0.1) is 0 Å². The normalized spacial score (nSPS) is 25.1. The molecule has 0 aromatic heterocycles. The number of benzene rings is 1. The van der Waals surface area contributed by atoms with Crippen molar-refractivity contribution in [2.24, 2.45) is 5.41 Å². The minimum Gasteiger partial charge on any atom is -0.316 e. The van der Waals surface area contributed by atoms with Gasteiger partial charge in [0.2, 0.25) is 0 Å². The first-order valence-electron chi connectivity index (χ1n) is 6.26. The maximum absolute atomic E-state index is 12.4. The van der Waals surface area contributed by atoms with Gasteiger partial charge in [0.25, 0.3) is 0 Å². The van der Waals surface area contributed by atoms with Crippen molar-refractivity contribution in [3.05, 3.63) is 35.4 Å². The molecule has 0 amide bonds. The molecule has 1 saturated heterocycles. The predicted octanol–water partition coefficient (Wildman–Crippen LogP) is 3.64. The Bertz CT molecular complexity index is 388. The predicted molar refractivity (Wildman–Crippen MR) is 65.4 cm³/mol. The first-order valence-corrected chi connectivity index (χ1v) is 6.26. The van der Waals surface area contributed by atoms with E-state index in [0.29, 0.717) is 0 Å². The van der Waals surface area contributed by atoms with E-state index < -0.39 is 11.7 Å². The number of hydrogen-bond acceptors (Lipinski definition) is 1. The molecule has 100 valence electrons. The van der Waals surface area contributed by atoms with Crippen LogP contribution in [-0.2, 0) is 12.6 Å². The first-order chi connectivity index (χ1) is 8.39. The number of halogens is 3. The largest absolute Gasteiger partial charge is 0.416 e. The molecular formula is C14H18F3N. The van der Waals surface area contributed by atoms with Crippen LogP contribution in [0.5, 0.6) is 0 Å². The quantitative estimate of drug-likeness (QED) is 0.853. The Morgan fingerprint density at radius 3 is 2.39 bits per heavy atom. The third kappa shape index (κ3) is 3.25. The highest BCUT2D eigenvalue weighted by Crippen LogP contribution is 2.32.